The van der Waals surface area contributed by atoms with Crippen LogP contribution in [0, 0.1) is 12.8 Å². The largest absolute Gasteiger partial charge is 0.469 e. The van der Waals surface area contributed by atoms with Crippen LogP contribution in [-0.4, -0.2) is 28.9 Å². The minimum absolute atomic E-state index is 0.215. The lowest BCUT2D eigenvalue weighted by Crippen LogP contribution is -2.55. The van der Waals surface area contributed by atoms with E-state index in [1.165, 1.54) is 18.6 Å². The highest BCUT2D eigenvalue weighted by atomic mass is 32.1. The number of rotatable bonds is 3. The van der Waals surface area contributed by atoms with E-state index in [1.54, 1.807) is 6.07 Å². The van der Waals surface area contributed by atoms with E-state index in [9.17, 15) is 9.59 Å². The predicted octanol–water partition coefficient (Wildman–Crippen LogP) is 2.30. The molecule has 1 aliphatic carbocycles. The van der Waals surface area contributed by atoms with Crippen molar-refractivity contribution in [2.24, 2.45) is 5.92 Å². The van der Waals surface area contributed by atoms with Crippen LogP contribution < -0.4 is 5.32 Å². The number of methoxy groups -OCH3 is 1. The van der Waals surface area contributed by atoms with Crippen LogP contribution in [0.3, 0.4) is 0 Å². The van der Waals surface area contributed by atoms with Crippen molar-refractivity contribution in [1.82, 2.24) is 9.69 Å². The van der Waals surface area contributed by atoms with Gasteiger partial charge in [-0.15, -0.1) is 0 Å². The minimum Gasteiger partial charge on any atom is -0.469 e. The van der Waals surface area contributed by atoms with E-state index in [-0.39, 0.29) is 17.8 Å². The average Bonchev–Trinajstić information content (AvgIpc) is 2.85. The van der Waals surface area contributed by atoms with Gasteiger partial charge in [0.05, 0.1) is 18.6 Å². The molecule has 0 bridgehead atoms. The predicted molar refractivity (Wildman–Crippen MR) is 76.7 cm³/mol. The molecule has 1 aromatic heterocycles. The zero-order valence-corrected chi connectivity index (χ0v) is 12.9. The SMILES string of the molecule is COC(=O)C1CCCCC1(C)NC(=O)c1cc(C)sn1. The molecule has 1 fully saturated rings. The van der Waals surface area contributed by atoms with Gasteiger partial charge >= 0.3 is 5.97 Å². The molecule has 1 heterocycles. The number of hydrogen-bond acceptors (Lipinski definition) is 5. The highest BCUT2D eigenvalue weighted by Crippen LogP contribution is 2.34. The Hall–Kier alpha value is -1.43. The first-order chi connectivity index (χ1) is 9.46. The second-order valence-corrected chi connectivity index (χ2v) is 6.53. The van der Waals surface area contributed by atoms with Gasteiger partial charge in [0.25, 0.3) is 5.91 Å². The maximum absolute atomic E-state index is 12.3. The van der Waals surface area contributed by atoms with E-state index >= 15 is 0 Å². The molecule has 110 valence electrons. The number of aromatic nitrogens is 1. The molecule has 0 spiro atoms. The fraction of sp³-hybridized carbons (Fsp3) is 0.643. The molecule has 1 saturated carbocycles. The highest BCUT2D eigenvalue weighted by molar-refractivity contribution is 7.05. The van der Waals surface area contributed by atoms with Gasteiger partial charge in [-0.25, -0.2) is 0 Å². The smallest absolute Gasteiger partial charge is 0.311 e. The summed E-state index contributed by atoms with van der Waals surface area (Å²) in [5.41, 5.74) is -0.136. The molecular formula is C14H20N2O3S. The third-order valence-electron chi connectivity index (χ3n) is 3.95. The number of carbonyl (C=O) groups is 2. The summed E-state index contributed by atoms with van der Waals surface area (Å²) in [6, 6.07) is 1.76. The summed E-state index contributed by atoms with van der Waals surface area (Å²) in [5, 5.41) is 2.99. The van der Waals surface area contributed by atoms with E-state index in [4.69, 9.17) is 4.74 Å². The second-order valence-electron chi connectivity index (χ2n) is 5.52. The summed E-state index contributed by atoms with van der Waals surface area (Å²) in [4.78, 5) is 25.2. The molecule has 1 amide bonds. The van der Waals surface area contributed by atoms with Crippen molar-refractivity contribution in [3.63, 3.8) is 0 Å². The fourth-order valence-electron chi connectivity index (χ4n) is 2.80. The molecule has 1 aliphatic rings. The molecule has 20 heavy (non-hydrogen) atoms. The number of nitrogens with zero attached hydrogens (tertiary/aromatic N) is 1. The first-order valence-electron chi connectivity index (χ1n) is 6.80. The summed E-state index contributed by atoms with van der Waals surface area (Å²) in [6.07, 6.45) is 3.52. The Morgan fingerprint density at radius 2 is 2.25 bits per heavy atom. The monoisotopic (exact) mass is 296 g/mol. The van der Waals surface area contributed by atoms with Crippen molar-refractivity contribution in [3.05, 3.63) is 16.6 Å². The number of aryl methyl sites for hydroxylation is 1. The first kappa shape index (κ1) is 15.0. The molecule has 1 N–H and O–H groups in total. The zero-order chi connectivity index (χ0) is 14.8. The molecule has 0 aliphatic heterocycles. The molecule has 2 rings (SSSR count). The van der Waals surface area contributed by atoms with Gasteiger partial charge in [0.15, 0.2) is 0 Å². The van der Waals surface area contributed by atoms with Crippen LogP contribution in [0.15, 0.2) is 6.07 Å². The van der Waals surface area contributed by atoms with E-state index in [2.05, 4.69) is 9.69 Å². The van der Waals surface area contributed by atoms with Crippen molar-refractivity contribution < 1.29 is 14.3 Å². The summed E-state index contributed by atoms with van der Waals surface area (Å²) in [5.74, 6) is -0.750. The Kier molecular flexibility index (Phi) is 4.42. The molecule has 0 radical (unpaired) electrons. The Labute approximate surface area is 122 Å². The van der Waals surface area contributed by atoms with E-state index in [0.717, 1.165) is 30.6 Å². The highest BCUT2D eigenvalue weighted by Gasteiger charge is 2.43. The van der Waals surface area contributed by atoms with Gasteiger partial charge in [0.1, 0.15) is 5.69 Å². The zero-order valence-electron chi connectivity index (χ0n) is 12.1. The molecular weight excluding hydrogens is 276 g/mol. The van der Waals surface area contributed by atoms with Crippen LogP contribution >= 0.6 is 11.5 Å². The van der Waals surface area contributed by atoms with Crippen LogP contribution in [0.1, 0.15) is 48.0 Å². The maximum atomic E-state index is 12.3. The van der Waals surface area contributed by atoms with E-state index < -0.39 is 5.54 Å². The Balaban J connectivity index is 2.15. The number of nitrogens with one attached hydrogen (secondary N) is 1. The van der Waals surface area contributed by atoms with Crippen molar-refractivity contribution in [3.8, 4) is 0 Å². The normalized spacial score (nSPS) is 26.1. The lowest BCUT2D eigenvalue weighted by molar-refractivity contribution is -0.149. The van der Waals surface area contributed by atoms with Gasteiger partial charge in [-0.05, 0) is 44.3 Å². The standard InChI is InChI=1S/C14H20N2O3S/c1-9-8-11(16-20-9)12(17)15-14(2)7-5-4-6-10(14)13(18)19-3/h8,10H,4-7H2,1-3H3,(H,15,17). The van der Waals surface area contributed by atoms with Crippen LogP contribution in [0.4, 0.5) is 0 Å². The third-order valence-corrected chi connectivity index (χ3v) is 4.65. The quantitative estimate of drug-likeness (QED) is 0.869. The molecule has 6 heteroatoms. The number of hydrogen-bond donors (Lipinski definition) is 1. The number of carbonyl (C=O) groups excluding carboxylic acids is 2. The Morgan fingerprint density at radius 3 is 2.85 bits per heavy atom. The van der Waals surface area contributed by atoms with Crippen molar-refractivity contribution in [1.29, 1.82) is 0 Å². The summed E-state index contributed by atoms with van der Waals surface area (Å²) in [6.45, 7) is 3.83. The Morgan fingerprint density at radius 1 is 1.50 bits per heavy atom. The van der Waals surface area contributed by atoms with Gasteiger partial charge in [-0.2, -0.15) is 4.37 Å². The number of amides is 1. The lowest BCUT2D eigenvalue weighted by Gasteiger charge is -2.40. The van der Waals surface area contributed by atoms with Crippen LogP contribution in [0.25, 0.3) is 0 Å². The second kappa shape index (κ2) is 5.91. The van der Waals surface area contributed by atoms with Crippen LogP contribution in [0.5, 0.6) is 0 Å². The van der Waals surface area contributed by atoms with Gasteiger partial charge in [-0.1, -0.05) is 12.8 Å². The van der Waals surface area contributed by atoms with E-state index in [0.29, 0.717) is 5.69 Å². The molecule has 5 nitrogen and oxygen atoms in total. The summed E-state index contributed by atoms with van der Waals surface area (Å²) in [7, 11) is 1.39. The van der Waals surface area contributed by atoms with Gasteiger partial charge in [-0.3, -0.25) is 9.59 Å². The van der Waals surface area contributed by atoms with Gasteiger partial charge in [0.2, 0.25) is 0 Å². The molecule has 2 unspecified atom stereocenters. The third kappa shape index (κ3) is 3.00. The molecule has 0 saturated heterocycles. The van der Waals surface area contributed by atoms with Crippen LogP contribution in [-0.2, 0) is 9.53 Å². The van der Waals surface area contributed by atoms with Crippen molar-refractivity contribution in [2.45, 2.75) is 45.1 Å². The number of ether oxygens (including phenoxy) is 1. The topological polar surface area (TPSA) is 68.3 Å². The van der Waals surface area contributed by atoms with E-state index in [1.807, 2.05) is 13.8 Å². The first-order valence-corrected chi connectivity index (χ1v) is 7.57. The molecule has 2 atom stereocenters. The molecule has 1 aromatic rings. The average molecular weight is 296 g/mol. The number of esters is 1. The van der Waals surface area contributed by atoms with Gasteiger partial charge < -0.3 is 10.1 Å². The Bertz CT molecular complexity index is 514. The summed E-state index contributed by atoms with van der Waals surface area (Å²) >= 11 is 1.30. The van der Waals surface area contributed by atoms with Gasteiger partial charge in [0, 0.05) is 4.88 Å². The summed E-state index contributed by atoms with van der Waals surface area (Å²) < 4.78 is 8.99. The fourth-order valence-corrected chi connectivity index (χ4v) is 3.34. The van der Waals surface area contributed by atoms with Crippen LogP contribution in [0.2, 0.25) is 0 Å². The lowest BCUT2D eigenvalue weighted by atomic mass is 9.73. The minimum atomic E-state index is -0.556. The molecule has 0 aromatic carbocycles. The van der Waals surface area contributed by atoms with Crippen molar-refractivity contribution in [2.75, 3.05) is 7.11 Å². The van der Waals surface area contributed by atoms with Crippen molar-refractivity contribution >= 4 is 23.4 Å². The maximum Gasteiger partial charge on any atom is 0.311 e.